The SMILES string of the molecule is Cc1occc1C(=O)NNC(=O)Cn1c(=O)cnc2ccccc21. The molecule has 0 atom stereocenters. The number of carbonyl (C=O) groups excluding carboxylic acids is 2. The van der Waals surface area contributed by atoms with E-state index in [1.54, 1.807) is 31.2 Å². The van der Waals surface area contributed by atoms with Gasteiger partial charge in [0.2, 0.25) is 0 Å². The Kier molecular flexibility index (Phi) is 4.11. The van der Waals surface area contributed by atoms with E-state index in [0.29, 0.717) is 22.4 Å². The van der Waals surface area contributed by atoms with E-state index < -0.39 is 17.4 Å². The average molecular weight is 326 g/mol. The molecule has 2 aromatic heterocycles. The van der Waals surface area contributed by atoms with Gasteiger partial charge in [-0.3, -0.25) is 29.8 Å². The van der Waals surface area contributed by atoms with Gasteiger partial charge in [0.1, 0.15) is 12.3 Å². The van der Waals surface area contributed by atoms with Gasteiger partial charge in [-0.15, -0.1) is 0 Å². The molecule has 0 aliphatic rings. The van der Waals surface area contributed by atoms with Crippen LogP contribution in [0, 0.1) is 6.92 Å². The summed E-state index contributed by atoms with van der Waals surface area (Å²) in [6.07, 6.45) is 2.54. The molecule has 2 heterocycles. The van der Waals surface area contributed by atoms with E-state index in [1.165, 1.54) is 16.9 Å². The molecule has 0 unspecified atom stereocenters. The number of nitrogens with one attached hydrogen (secondary N) is 2. The number of nitrogens with zero attached hydrogens (tertiary/aromatic N) is 2. The highest BCUT2D eigenvalue weighted by Crippen LogP contribution is 2.08. The van der Waals surface area contributed by atoms with Crippen molar-refractivity contribution in [1.29, 1.82) is 0 Å². The lowest BCUT2D eigenvalue weighted by molar-refractivity contribution is -0.122. The van der Waals surface area contributed by atoms with E-state index in [2.05, 4.69) is 15.8 Å². The Morgan fingerprint density at radius 1 is 1.21 bits per heavy atom. The summed E-state index contributed by atoms with van der Waals surface area (Å²) in [5.74, 6) is -0.595. The van der Waals surface area contributed by atoms with Crippen LogP contribution in [0.4, 0.5) is 0 Å². The van der Waals surface area contributed by atoms with Crippen molar-refractivity contribution in [3.05, 3.63) is 64.5 Å². The summed E-state index contributed by atoms with van der Waals surface area (Å²) in [5.41, 5.74) is 5.62. The highest BCUT2D eigenvalue weighted by molar-refractivity contribution is 5.96. The summed E-state index contributed by atoms with van der Waals surface area (Å²) < 4.78 is 6.31. The van der Waals surface area contributed by atoms with Crippen LogP contribution in [0.2, 0.25) is 0 Å². The van der Waals surface area contributed by atoms with Crippen LogP contribution in [0.15, 0.2) is 52.0 Å². The molecule has 122 valence electrons. The van der Waals surface area contributed by atoms with E-state index in [0.717, 1.165) is 6.20 Å². The summed E-state index contributed by atoms with van der Waals surface area (Å²) in [7, 11) is 0. The second kappa shape index (κ2) is 6.37. The van der Waals surface area contributed by atoms with Crippen LogP contribution in [0.1, 0.15) is 16.1 Å². The third-order valence-electron chi connectivity index (χ3n) is 3.47. The van der Waals surface area contributed by atoms with Gasteiger partial charge in [-0.05, 0) is 25.1 Å². The lowest BCUT2D eigenvalue weighted by Gasteiger charge is -2.10. The van der Waals surface area contributed by atoms with E-state index in [1.807, 2.05) is 0 Å². The minimum atomic E-state index is -0.539. The second-order valence-electron chi connectivity index (χ2n) is 5.06. The molecular weight excluding hydrogens is 312 g/mol. The molecule has 0 aliphatic carbocycles. The fourth-order valence-corrected chi connectivity index (χ4v) is 2.28. The molecule has 0 saturated heterocycles. The molecule has 2 amide bonds. The van der Waals surface area contributed by atoms with Crippen LogP contribution in [-0.2, 0) is 11.3 Å². The van der Waals surface area contributed by atoms with Crippen molar-refractivity contribution in [2.24, 2.45) is 0 Å². The Balaban J connectivity index is 1.72. The Bertz CT molecular complexity index is 973. The van der Waals surface area contributed by atoms with E-state index in [4.69, 9.17) is 4.42 Å². The zero-order valence-corrected chi connectivity index (χ0v) is 12.8. The predicted octanol–water partition coefficient (Wildman–Crippen LogP) is 0.759. The predicted molar refractivity (Wildman–Crippen MR) is 85.1 cm³/mol. The van der Waals surface area contributed by atoms with Gasteiger partial charge in [0.15, 0.2) is 0 Å². The number of hydrogen-bond acceptors (Lipinski definition) is 5. The Hall–Kier alpha value is -3.42. The first-order valence-electron chi connectivity index (χ1n) is 7.14. The molecule has 3 rings (SSSR count). The van der Waals surface area contributed by atoms with Crippen molar-refractivity contribution < 1.29 is 14.0 Å². The first-order valence-corrected chi connectivity index (χ1v) is 7.14. The summed E-state index contributed by atoms with van der Waals surface area (Å²) in [5, 5.41) is 0. The van der Waals surface area contributed by atoms with E-state index in [9.17, 15) is 14.4 Å². The van der Waals surface area contributed by atoms with Crippen LogP contribution >= 0.6 is 0 Å². The highest BCUT2D eigenvalue weighted by Gasteiger charge is 2.13. The number of para-hydroxylation sites is 2. The van der Waals surface area contributed by atoms with Crippen LogP contribution in [0.25, 0.3) is 11.0 Å². The number of carbonyl (C=O) groups is 2. The molecule has 0 saturated carbocycles. The Labute approximate surface area is 136 Å². The third-order valence-corrected chi connectivity index (χ3v) is 3.47. The molecule has 0 aliphatic heterocycles. The minimum Gasteiger partial charge on any atom is -0.469 e. The Morgan fingerprint density at radius 3 is 2.75 bits per heavy atom. The number of fused-ring (bicyclic) bond motifs is 1. The average Bonchev–Trinajstić information content (AvgIpc) is 3.01. The molecule has 0 fully saturated rings. The molecule has 24 heavy (non-hydrogen) atoms. The number of aromatic nitrogens is 2. The number of rotatable bonds is 3. The van der Waals surface area contributed by atoms with Crippen molar-refractivity contribution in [2.75, 3.05) is 0 Å². The Morgan fingerprint density at radius 2 is 2.00 bits per heavy atom. The molecular formula is C16H14N4O4. The largest absolute Gasteiger partial charge is 0.469 e. The number of hydrazine groups is 1. The number of benzene rings is 1. The van der Waals surface area contributed by atoms with Crippen molar-refractivity contribution >= 4 is 22.8 Å². The van der Waals surface area contributed by atoms with Crippen molar-refractivity contribution in [1.82, 2.24) is 20.4 Å². The number of amides is 2. The number of hydrogen-bond donors (Lipinski definition) is 2. The molecule has 8 nitrogen and oxygen atoms in total. The van der Waals surface area contributed by atoms with E-state index in [-0.39, 0.29) is 6.54 Å². The number of furan rings is 1. The van der Waals surface area contributed by atoms with Gasteiger partial charge in [-0.2, -0.15) is 0 Å². The second-order valence-corrected chi connectivity index (χ2v) is 5.06. The van der Waals surface area contributed by atoms with Crippen molar-refractivity contribution in [3.8, 4) is 0 Å². The van der Waals surface area contributed by atoms with Gasteiger partial charge in [0.05, 0.1) is 29.1 Å². The first-order chi connectivity index (χ1) is 11.6. The maximum atomic E-state index is 12.0. The fourth-order valence-electron chi connectivity index (χ4n) is 2.28. The number of aryl methyl sites for hydroxylation is 1. The molecule has 8 heteroatoms. The molecule has 0 spiro atoms. The van der Waals surface area contributed by atoms with Crippen LogP contribution in [-0.4, -0.2) is 21.4 Å². The van der Waals surface area contributed by atoms with E-state index >= 15 is 0 Å². The fraction of sp³-hybridized carbons (Fsp3) is 0.125. The lowest BCUT2D eigenvalue weighted by atomic mass is 10.2. The van der Waals surface area contributed by atoms with Crippen LogP contribution in [0.5, 0.6) is 0 Å². The van der Waals surface area contributed by atoms with Crippen molar-refractivity contribution in [3.63, 3.8) is 0 Å². The standard InChI is InChI=1S/C16H14N4O4/c1-10-11(6-7-24-10)16(23)19-18-14(21)9-20-13-5-3-2-4-12(13)17-8-15(20)22/h2-8H,9H2,1H3,(H,18,21)(H,19,23). The first kappa shape index (κ1) is 15.5. The van der Waals surface area contributed by atoms with Gasteiger partial charge in [0.25, 0.3) is 17.4 Å². The topological polar surface area (TPSA) is 106 Å². The van der Waals surface area contributed by atoms with Gasteiger partial charge in [-0.25, -0.2) is 4.98 Å². The van der Waals surface area contributed by atoms with Crippen LogP contribution < -0.4 is 16.4 Å². The molecule has 0 bridgehead atoms. The summed E-state index contributed by atoms with van der Waals surface area (Å²) in [4.78, 5) is 39.9. The maximum Gasteiger partial charge on any atom is 0.273 e. The van der Waals surface area contributed by atoms with Crippen molar-refractivity contribution in [2.45, 2.75) is 13.5 Å². The lowest BCUT2D eigenvalue weighted by Crippen LogP contribution is -2.44. The summed E-state index contributed by atoms with van der Waals surface area (Å²) in [6.45, 7) is 1.39. The normalized spacial score (nSPS) is 10.5. The van der Waals surface area contributed by atoms with Gasteiger partial charge < -0.3 is 4.42 Å². The maximum absolute atomic E-state index is 12.0. The third kappa shape index (κ3) is 3.02. The van der Waals surface area contributed by atoms with Gasteiger partial charge in [-0.1, -0.05) is 12.1 Å². The molecule has 3 aromatic rings. The zero-order chi connectivity index (χ0) is 17.1. The summed E-state index contributed by atoms with van der Waals surface area (Å²) >= 11 is 0. The minimum absolute atomic E-state index is 0.244. The smallest absolute Gasteiger partial charge is 0.273 e. The monoisotopic (exact) mass is 326 g/mol. The van der Waals surface area contributed by atoms with Crippen LogP contribution in [0.3, 0.4) is 0 Å². The molecule has 0 radical (unpaired) electrons. The molecule has 2 N–H and O–H groups in total. The summed E-state index contributed by atoms with van der Waals surface area (Å²) in [6, 6.07) is 8.48. The quantitative estimate of drug-likeness (QED) is 0.691. The molecule has 1 aromatic carbocycles. The van der Waals surface area contributed by atoms with Gasteiger partial charge in [0, 0.05) is 0 Å². The zero-order valence-electron chi connectivity index (χ0n) is 12.8. The highest BCUT2D eigenvalue weighted by atomic mass is 16.3. The van der Waals surface area contributed by atoms with Gasteiger partial charge >= 0.3 is 0 Å².